The molecule has 4 rings (SSSR count). The van der Waals surface area contributed by atoms with Crippen LogP contribution in [0.4, 0.5) is 11.4 Å². The van der Waals surface area contributed by atoms with Gasteiger partial charge in [-0.1, -0.05) is 40.9 Å². The third-order valence-corrected chi connectivity index (χ3v) is 6.33. The van der Waals surface area contributed by atoms with Gasteiger partial charge in [0.05, 0.1) is 18.0 Å². The van der Waals surface area contributed by atoms with Crippen LogP contribution in [0.15, 0.2) is 36.4 Å². The molecule has 2 saturated heterocycles. The number of halogens is 3. The molecule has 32 heavy (non-hydrogen) atoms. The first-order valence-electron chi connectivity index (χ1n) is 9.85. The van der Waals surface area contributed by atoms with Gasteiger partial charge < -0.3 is 21.3 Å². The van der Waals surface area contributed by atoms with Crippen molar-refractivity contribution in [2.45, 2.75) is 25.8 Å². The molecular formula is C21H20Cl3N5O3. The van der Waals surface area contributed by atoms with Crippen LogP contribution >= 0.6 is 34.8 Å². The molecule has 4 atom stereocenters. The van der Waals surface area contributed by atoms with Crippen molar-refractivity contribution < 1.29 is 14.4 Å². The van der Waals surface area contributed by atoms with E-state index in [1.165, 1.54) is 0 Å². The fourth-order valence-electron chi connectivity index (χ4n) is 3.93. The van der Waals surface area contributed by atoms with Gasteiger partial charge in [-0.2, -0.15) is 0 Å². The van der Waals surface area contributed by atoms with Gasteiger partial charge in [0.15, 0.2) is 6.29 Å². The third kappa shape index (κ3) is 4.78. The lowest BCUT2D eigenvalue weighted by Gasteiger charge is -2.43. The molecule has 2 aromatic carbocycles. The lowest BCUT2D eigenvalue weighted by molar-refractivity contribution is -0.144. The summed E-state index contributed by atoms with van der Waals surface area (Å²) < 4.78 is 0. The molecule has 2 aromatic rings. The smallest absolute Gasteiger partial charge is 0.229 e. The number of hydrogen-bond donors (Lipinski definition) is 5. The molecule has 0 spiro atoms. The normalized spacial score (nSPS) is 24.8. The Kier molecular flexibility index (Phi) is 6.48. The number of hydrogen-bond acceptors (Lipinski definition) is 5. The van der Waals surface area contributed by atoms with Gasteiger partial charge in [-0.3, -0.25) is 19.7 Å². The number of rotatable bonds is 4. The quantitative estimate of drug-likeness (QED) is 0.447. The standard InChI is InChI=1S/C21H20Cl3N5O3/c1-9-14(24)3-2-4-15(9)26-19(31)13-8-16(30)27-18-17(13)20(32)29-21(28-18)25-12-6-10(22)5-11(23)7-12/h2-7,13,17-18,21,25,28H,8H2,1H3,(H,26,31)(H,27,30)(H,29,32). The van der Waals surface area contributed by atoms with E-state index in [4.69, 9.17) is 34.8 Å². The first kappa shape index (κ1) is 22.7. The summed E-state index contributed by atoms with van der Waals surface area (Å²) >= 11 is 18.2. The van der Waals surface area contributed by atoms with E-state index in [-0.39, 0.29) is 18.2 Å². The van der Waals surface area contributed by atoms with Crippen LogP contribution in [0.1, 0.15) is 12.0 Å². The van der Waals surface area contributed by atoms with Crippen LogP contribution in [0, 0.1) is 18.8 Å². The number of carbonyl (C=O) groups is 3. The molecule has 0 aliphatic carbocycles. The fraction of sp³-hybridized carbons (Fsp3) is 0.286. The summed E-state index contributed by atoms with van der Waals surface area (Å²) in [6, 6.07) is 10.0. The number of nitrogens with one attached hydrogen (secondary N) is 5. The van der Waals surface area contributed by atoms with Gasteiger partial charge in [0.25, 0.3) is 0 Å². The minimum Gasteiger partial charge on any atom is -0.353 e. The number of benzene rings is 2. The molecule has 0 saturated carbocycles. The zero-order valence-electron chi connectivity index (χ0n) is 16.8. The maximum absolute atomic E-state index is 13.0. The first-order chi connectivity index (χ1) is 15.2. The average molecular weight is 497 g/mol. The minimum absolute atomic E-state index is 0.107. The second-order valence-corrected chi connectivity index (χ2v) is 8.97. The molecule has 0 bridgehead atoms. The van der Waals surface area contributed by atoms with Gasteiger partial charge in [0.2, 0.25) is 17.7 Å². The molecule has 3 amide bonds. The van der Waals surface area contributed by atoms with Gasteiger partial charge in [0.1, 0.15) is 0 Å². The molecule has 11 heteroatoms. The van der Waals surface area contributed by atoms with Crippen LogP contribution in [0.5, 0.6) is 0 Å². The maximum atomic E-state index is 13.0. The summed E-state index contributed by atoms with van der Waals surface area (Å²) in [5.41, 5.74) is 1.81. The van der Waals surface area contributed by atoms with Crippen LogP contribution in [-0.2, 0) is 14.4 Å². The predicted molar refractivity (Wildman–Crippen MR) is 123 cm³/mol. The highest BCUT2D eigenvalue weighted by Gasteiger charge is 2.48. The van der Waals surface area contributed by atoms with E-state index in [1.54, 1.807) is 43.3 Å². The van der Waals surface area contributed by atoms with E-state index in [0.29, 0.717) is 32.0 Å². The monoisotopic (exact) mass is 495 g/mol. The molecule has 0 aromatic heterocycles. The summed E-state index contributed by atoms with van der Waals surface area (Å²) in [6.07, 6.45) is -1.56. The van der Waals surface area contributed by atoms with Crippen LogP contribution in [0.25, 0.3) is 0 Å². The van der Waals surface area contributed by atoms with Crippen molar-refractivity contribution in [3.05, 3.63) is 57.0 Å². The van der Waals surface area contributed by atoms with Gasteiger partial charge in [-0.15, -0.1) is 0 Å². The molecule has 0 radical (unpaired) electrons. The van der Waals surface area contributed by atoms with Crippen molar-refractivity contribution >= 4 is 63.9 Å². The number of piperidine rings is 1. The van der Waals surface area contributed by atoms with Crippen LogP contribution in [-0.4, -0.2) is 30.2 Å². The Morgan fingerprint density at radius 2 is 1.78 bits per heavy atom. The molecule has 4 unspecified atom stereocenters. The van der Waals surface area contributed by atoms with Crippen molar-refractivity contribution in [2.24, 2.45) is 11.8 Å². The van der Waals surface area contributed by atoms with Gasteiger partial charge in [0, 0.05) is 32.9 Å². The number of amides is 3. The van der Waals surface area contributed by atoms with Crippen molar-refractivity contribution in [1.29, 1.82) is 0 Å². The summed E-state index contributed by atoms with van der Waals surface area (Å²) in [7, 11) is 0. The molecule has 2 heterocycles. The Balaban J connectivity index is 1.50. The molecule has 168 valence electrons. The number of carbonyl (C=O) groups excluding carboxylic acids is 3. The summed E-state index contributed by atoms with van der Waals surface area (Å²) in [5.74, 6) is -2.79. The Morgan fingerprint density at radius 3 is 2.50 bits per heavy atom. The third-order valence-electron chi connectivity index (χ3n) is 5.49. The van der Waals surface area contributed by atoms with Gasteiger partial charge >= 0.3 is 0 Å². The first-order valence-corrected chi connectivity index (χ1v) is 11.0. The lowest BCUT2D eigenvalue weighted by Crippen LogP contribution is -2.72. The van der Waals surface area contributed by atoms with E-state index in [0.717, 1.165) is 0 Å². The van der Waals surface area contributed by atoms with Crippen molar-refractivity contribution in [3.8, 4) is 0 Å². The number of anilines is 2. The highest BCUT2D eigenvalue weighted by molar-refractivity contribution is 6.35. The van der Waals surface area contributed by atoms with Crippen molar-refractivity contribution in [1.82, 2.24) is 16.0 Å². The number of fused-ring (bicyclic) bond motifs is 1. The fourth-order valence-corrected chi connectivity index (χ4v) is 4.63. The Hall–Kier alpha value is -2.52. The van der Waals surface area contributed by atoms with E-state index < -0.39 is 30.2 Å². The molecular weight excluding hydrogens is 477 g/mol. The minimum atomic E-state index is -0.860. The summed E-state index contributed by atoms with van der Waals surface area (Å²) in [4.78, 5) is 38.3. The highest BCUT2D eigenvalue weighted by Crippen LogP contribution is 2.30. The van der Waals surface area contributed by atoms with Gasteiger partial charge in [-0.25, -0.2) is 0 Å². The summed E-state index contributed by atoms with van der Waals surface area (Å²) in [5, 5.41) is 15.9. The Bertz CT molecular complexity index is 1080. The topological polar surface area (TPSA) is 111 Å². The second kappa shape index (κ2) is 9.15. The average Bonchev–Trinajstić information content (AvgIpc) is 2.69. The van der Waals surface area contributed by atoms with Crippen molar-refractivity contribution in [2.75, 3.05) is 10.6 Å². The summed E-state index contributed by atoms with van der Waals surface area (Å²) in [6.45, 7) is 1.78. The Labute approximate surface area is 199 Å². The molecule has 5 N–H and O–H groups in total. The molecule has 2 aliphatic heterocycles. The largest absolute Gasteiger partial charge is 0.353 e. The SMILES string of the molecule is Cc1c(Cl)cccc1NC(=O)C1CC(=O)NC2NC(Nc3cc(Cl)cc(Cl)c3)NC(=O)C21. The van der Waals surface area contributed by atoms with E-state index in [2.05, 4.69) is 26.6 Å². The second-order valence-electron chi connectivity index (χ2n) is 7.69. The molecule has 8 nitrogen and oxygen atoms in total. The van der Waals surface area contributed by atoms with Crippen LogP contribution in [0.2, 0.25) is 15.1 Å². The van der Waals surface area contributed by atoms with Crippen LogP contribution in [0.3, 0.4) is 0 Å². The van der Waals surface area contributed by atoms with E-state index in [9.17, 15) is 14.4 Å². The van der Waals surface area contributed by atoms with Crippen LogP contribution < -0.4 is 26.6 Å². The predicted octanol–water partition coefficient (Wildman–Crippen LogP) is 3.09. The lowest BCUT2D eigenvalue weighted by atomic mass is 9.81. The van der Waals surface area contributed by atoms with E-state index in [1.807, 2.05) is 0 Å². The zero-order chi connectivity index (χ0) is 23.0. The molecule has 2 fully saturated rings. The van der Waals surface area contributed by atoms with Crippen molar-refractivity contribution in [3.63, 3.8) is 0 Å². The highest BCUT2D eigenvalue weighted by atomic mass is 35.5. The zero-order valence-corrected chi connectivity index (χ0v) is 19.1. The maximum Gasteiger partial charge on any atom is 0.229 e. The molecule has 2 aliphatic rings. The van der Waals surface area contributed by atoms with E-state index >= 15 is 0 Å². The Morgan fingerprint density at radius 1 is 1.06 bits per heavy atom. The van der Waals surface area contributed by atoms with Gasteiger partial charge in [-0.05, 0) is 42.8 Å².